The highest BCUT2D eigenvalue weighted by molar-refractivity contribution is 5.98. The number of anilines is 7. The first-order chi connectivity index (χ1) is 69.9. The van der Waals surface area contributed by atoms with Crippen molar-refractivity contribution in [1.82, 2.24) is 58.5 Å². The van der Waals surface area contributed by atoms with Crippen LogP contribution in [0, 0.1) is 0 Å². The van der Waals surface area contributed by atoms with Gasteiger partial charge in [-0.15, -0.1) is 39.5 Å². The summed E-state index contributed by atoms with van der Waals surface area (Å²) in [4.78, 5) is 105. The van der Waals surface area contributed by atoms with Crippen LogP contribution in [0.25, 0.3) is 77.4 Å². The number of nitrogen functional groups attached to an aromatic ring is 2. The maximum Gasteiger partial charge on any atom is 0.573 e. The number of nitrogens with two attached hydrogens (primary N) is 2. The molecule has 768 valence electrons. The van der Waals surface area contributed by atoms with E-state index in [1.165, 1.54) is 53.6 Å². The Morgan fingerprint density at radius 1 is 0.428 bits per heavy atom. The molecule has 5 aliphatic heterocycles. The normalized spacial score (nSPS) is 14.9. The molecule has 47 heteroatoms. The van der Waals surface area contributed by atoms with Crippen LogP contribution >= 0.6 is 0 Å². The van der Waals surface area contributed by atoms with Crippen LogP contribution in [0.4, 0.5) is 80.8 Å². The molecular weight excluding hydrogens is 1920 g/mol. The predicted octanol–water partition coefficient (Wildman–Crippen LogP) is 18.1. The second kappa shape index (κ2) is 50.6. The van der Waals surface area contributed by atoms with E-state index in [1.807, 2.05) is 45.5 Å². The zero-order valence-corrected chi connectivity index (χ0v) is 78.8. The van der Waals surface area contributed by atoms with Crippen molar-refractivity contribution >= 4 is 149 Å². The highest BCUT2D eigenvalue weighted by Crippen LogP contribution is 2.40. The van der Waals surface area contributed by atoms with Gasteiger partial charge in [0, 0.05) is 134 Å². The minimum absolute atomic E-state index is 0.0558. The quantitative estimate of drug-likeness (QED) is 0.0150. The summed E-state index contributed by atoms with van der Waals surface area (Å²) < 4.78 is 187. The number of rotatable bonds is 23. The number of amides is 1. The number of para-hydroxylation sites is 2. The third-order valence-electron chi connectivity index (χ3n) is 23.5. The van der Waals surface area contributed by atoms with E-state index in [4.69, 9.17) is 102 Å². The number of nitrogens with zero attached hydrogens (tertiary/aromatic N) is 11. The van der Waals surface area contributed by atoms with Gasteiger partial charge in [-0.2, -0.15) is 38.7 Å². The number of aryl methyl sites for hydroxylation is 2. The van der Waals surface area contributed by atoms with Gasteiger partial charge < -0.3 is 101 Å². The van der Waals surface area contributed by atoms with Crippen molar-refractivity contribution in [3.8, 4) is 17.2 Å². The summed E-state index contributed by atoms with van der Waals surface area (Å²) in [7, 11) is 1.56. The van der Waals surface area contributed by atoms with Gasteiger partial charge >= 0.3 is 55.5 Å². The van der Waals surface area contributed by atoms with Gasteiger partial charge in [-0.3, -0.25) is 15.4 Å². The van der Waals surface area contributed by atoms with Crippen molar-refractivity contribution in [2.75, 3.05) is 120 Å². The van der Waals surface area contributed by atoms with E-state index in [-0.39, 0.29) is 88.7 Å². The van der Waals surface area contributed by atoms with Gasteiger partial charge in [0.15, 0.2) is 16.7 Å². The van der Waals surface area contributed by atoms with Crippen LogP contribution in [0.3, 0.4) is 0 Å². The molecule has 0 aliphatic carbocycles. The average molecular weight is 2020 g/mol. The Balaban J connectivity index is 0.000000152. The van der Waals surface area contributed by atoms with Crippen molar-refractivity contribution in [2.45, 2.75) is 154 Å². The van der Waals surface area contributed by atoms with Crippen molar-refractivity contribution in [3.05, 3.63) is 186 Å². The monoisotopic (exact) mass is 2020 g/mol. The Morgan fingerprint density at radius 3 is 1.31 bits per heavy atom. The number of carbonyl (C=O) groups is 2. The van der Waals surface area contributed by atoms with Crippen LogP contribution in [0.5, 0.6) is 17.2 Å². The molecule has 7 aromatic heterocycles. The number of ether oxygens (including phenoxy) is 10. The number of oxazole rings is 3. The molecule has 145 heavy (non-hydrogen) atoms. The number of hydrogen-bond donors (Lipinski definition) is 6. The van der Waals surface area contributed by atoms with Crippen molar-refractivity contribution in [3.63, 3.8) is 0 Å². The molecule has 0 atom stereocenters. The van der Waals surface area contributed by atoms with Gasteiger partial charge in [0.2, 0.25) is 23.7 Å². The van der Waals surface area contributed by atoms with E-state index in [1.54, 1.807) is 38.3 Å². The van der Waals surface area contributed by atoms with Crippen LogP contribution in [0.2, 0.25) is 0 Å². The summed E-state index contributed by atoms with van der Waals surface area (Å²) in [5, 5.41) is 12.5. The van der Waals surface area contributed by atoms with Gasteiger partial charge in [-0.05, 0) is 204 Å². The van der Waals surface area contributed by atoms with Crippen LogP contribution in [0.1, 0.15) is 153 Å². The SMILES string of the molecule is CCOC(=O)c1ccc2c(c1)nc(N)n2C1CCOCC1.CCc1ccc(NC2CCOCC2)c(N)c1.CCc1ccc2c(c1)nc(Nc1nc3ccc(OC(F)(F)F)cc3o1)n2C1CCOCC1.COCCNC(=O)c1ccc2c(c1)nc(Nc1nc3ccc(OC(F)(F)F)cc3o1)n2C1CCOCC1.FC(F)(F)Oc1ccc2nc(Cc3nc4ccccc4n3C3CCOCC3)oc2c1.O=C=O.O=C=O.O=C=O. The fourth-order valence-electron chi connectivity index (χ4n) is 17.0. The summed E-state index contributed by atoms with van der Waals surface area (Å²) in [6.45, 7) is 14.2. The second-order valence-corrected chi connectivity index (χ2v) is 32.9. The van der Waals surface area contributed by atoms with Crippen LogP contribution in [0.15, 0.2) is 165 Å². The Hall–Kier alpha value is -15.3. The smallest absolute Gasteiger partial charge is 0.462 e. The molecule has 0 spiro atoms. The molecule has 12 heterocycles. The average Bonchev–Trinajstić information content (AvgIpc) is 1.61. The van der Waals surface area contributed by atoms with Gasteiger partial charge in [0.25, 0.3) is 5.91 Å². The maximum absolute atomic E-state index is 12.6. The molecule has 8 aromatic carbocycles. The number of fused-ring (bicyclic) bond motifs is 7. The molecule has 1 amide bonds. The number of hydrogen-bond acceptors (Lipinski definition) is 33. The number of imidazole rings is 4. The van der Waals surface area contributed by atoms with Crippen molar-refractivity contribution in [2.24, 2.45) is 0 Å². The van der Waals surface area contributed by atoms with E-state index < -0.39 is 24.8 Å². The Bertz CT molecular complexity index is 6940. The number of aromatic nitrogens is 11. The molecule has 0 radical (unpaired) electrons. The van der Waals surface area contributed by atoms with E-state index in [0.717, 1.165) is 171 Å². The largest absolute Gasteiger partial charge is 0.573 e. The lowest BCUT2D eigenvalue weighted by Crippen LogP contribution is -2.28. The molecular formula is C98H102F9N17O21. The standard InChI is InChI=1S/C24H24F3N5O5.C22H21F3N4O3.C21H18F3N3O3.C15H19N3O3.C13H20N2O.3CO2/c1-34-11-8-28-21(33)14-2-5-19-18(12-14)29-22(32(19)15-6-9-35-10-7-15)31-23-30-17-4-3-16(13-20(17)36-23)37-24(25,26)27;1-2-13-3-6-18-17(11-13)26-20(29(18)14-7-9-30-10-8-14)28-21-27-16-5-4-15(12-19(16)31-21)32-22(23,24)25;22-21(23,24)30-14-5-6-16-18(11-14)29-20(26-16)12-19-25-15-3-1-2-4-17(15)27(19)13-7-9-28-10-8-13;1-2-21-14(19)10-3-4-13-12(9-10)17-15(16)18(13)11-5-7-20-8-6-11;1-2-10-3-4-13(12(14)9-10)15-11-5-7-16-8-6-11;3*2-1-3/h2-5,12-13,15H,6-11H2,1H3,(H,28,33)(H,29,30,31);3-6,11-12,14H,2,7-10H2,1H3,(H,26,27,28);1-6,11,13H,7-10,12H2;3-4,9,11H,2,5-8H2,1H3,(H2,16,17);3-4,9,11,15H,2,5-8,14H2,1H3;;;. The minimum atomic E-state index is -4.82. The number of esters is 1. The van der Waals surface area contributed by atoms with Gasteiger partial charge in [0.05, 0.1) is 80.7 Å². The first kappa shape index (κ1) is 107. The first-order valence-electron chi connectivity index (χ1n) is 46.1. The lowest BCUT2D eigenvalue weighted by Gasteiger charge is -2.25. The summed E-state index contributed by atoms with van der Waals surface area (Å²) in [5.74, 6) is 0.978. The van der Waals surface area contributed by atoms with E-state index >= 15 is 0 Å². The molecule has 5 aliphatic rings. The third-order valence-corrected chi connectivity index (χ3v) is 23.5. The third kappa shape index (κ3) is 29.2. The summed E-state index contributed by atoms with van der Waals surface area (Å²) in [6, 6.07) is 43.9. The number of nitrogens with one attached hydrogen (secondary N) is 4. The Kier molecular flexibility index (Phi) is 37.3. The molecule has 38 nitrogen and oxygen atoms in total. The molecule has 15 aromatic rings. The lowest BCUT2D eigenvalue weighted by atomic mass is 10.1. The topological polar surface area (TPSA) is 478 Å². The summed E-state index contributed by atoms with van der Waals surface area (Å²) in [6.07, 6.45) is -2.38. The Morgan fingerprint density at radius 2 is 0.834 bits per heavy atom. The Labute approximate surface area is 819 Å². The number of alkyl halides is 9. The highest BCUT2D eigenvalue weighted by Gasteiger charge is 2.36. The number of halogens is 9. The van der Waals surface area contributed by atoms with E-state index in [2.05, 4.69) is 115 Å². The number of methoxy groups -OCH3 is 1. The van der Waals surface area contributed by atoms with Crippen LogP contribution < -0.4 is 46.9 Å². The molecule has 5 fully saturated rings. The van der Waals surface area contributed by atoms with Crippen molar-refractivity contribution < 1.29 is 138 Å². The van der Waals surface area contributed by atoms with Crippen molar-refractivity contribution in [1.29, 1.82) is 0 Å². The zero-order valence-electron chi connectivity index (χ0n) is 78.8. The number of benzene rings is 8. The molecule has 0 unspecified atom stereocenters. The lowest BCUT2D eigenvalue weighted by molar-refractivity contribution is -0.275. The highest BCUT2D eigenvalue weighted by atomic mass is 19.4. The number of carbonyl (C=O) groups excluding carboxylic acids is 8. The molecule has 8 N–H and O–H groups in total. The zero-order chi connectivity index (χ0) is 103. The first-order valence-corrected chi connectivity index (χ1v) is 46.1. The van der Waals surface area contributed by atoms with Gasteiger partial charge in [-0.1, -0.05) is 38.1 Å². The van der Waals surface area contributed by atoms with Gasteiger partial charge in [0.1, 0.15) is 39.6 Å². The molecule has 5 saturated heterocycles. The van der Waals surface area contributed by atoms with Crippen LogP contribution in [-0.4, -0.2) is 202 Å². The summed E-state index contributed by atoms with van der Waals surface area (Å²) >= 11 is 0. The summed E-state index contributed by atoms with van der Waals surface area (Å²) in [5.41, 5.74) is 26.0. The fraction of sp³-hybridized carbons (Fsp3) is 0.388. The van der Waals surface area contributed by atoms with Crippen LogP contribution in [-0.2, 0) is 81.2 Å². The molecule has 0 saturated carbocycles. The fourth-order valence-corrected chi connectivity index (χ4v) is 17.0. The maximum atomic E-state index is 12.6. The van der Waals surface area contributed by atoms with Gasteiger partial charge in [-0.25, -0.2) is 29.7 Å². The molecule has 0 bridgehead atoms. The predicted molar refractivity (Wildman–Crippen MR) is 503 cm³/mol. The second-order valence-electron chi connectivity index (χ2n) is 32.9. The minimum Gasteiger partial charge on any atom is -0.462 e. The van der Waals surface area contributed by atoms with E-state index in [0.29, 0.717) is 135 Å². The van der Waals surface area contributed by atoms with E-state index in [9.17, 15) is 49.1 Å². The molecule has 20 rings (SSSR count).